The number of hydrogen-bond acceptors (Lipinski definition) is 6. The number of phenolic OH excluding ortho intramolecular Hbond substituents is 2. The minimum atomic E-state index is -0.164. The van der Waals surface area contributed by atoms with Gasteiger partial charge in [-0.25, -0.2) is 0 Å². The molecule has 2 aromatic rings. The van der Waals surface area contributed by atoms with E-state index in [1.165, 1.54) is 0 Å². The molecule has 0 fully saturated rings. The lowest BCUT2D eigenvalue weighted by Crippen LogP contribution is -2.04. The molecule has 0 aromatic heterocycles. The molecule has 2 rings (SSSR count). The summed E-state index contributed by atoms with van der Waals surface area (Å²) in [5, 5.41) is 39.7. The predicted molar refractivity (Wildman–Crippen MR) is 108 cm³/mol. The third kappa shape index (κ3) is 5.30. The lowest BCUT2D eigenvalue weighted by Gasteiger charge is -2.17. The lowest BCUT2D eigenvalue weighted by atomic mass is 9.95. The Morgan fingerprint density at radius 2 is 1.07 bits per heavy atom. The summed E-state index contributed by atoms with van der Waals surface area (Å²) in [6.07, 6.45) is 3.39. The average molecular weight is 390 g/mol. The summed E-state index contributed by atoms with van der Waals surface area (Å²) in [6, 6.07) is 7.19. The second kappa shape index (κ2) is 10.8. The molecule has 0 unspecified atom stereocenters. The molecular weight excluding hydrogens is 360 g/mol. The zero-order valence-corrected chi connectivity index (χ0v) is 16.6. The first-order valence-corrected chi connectivity index (χ1v) is 9.75. The number of aryl methyl sites for hydroxylation is 2. The van der Waals surface area contributed by atoms with Crippen molar-refractivity contribution in [1.29, 1.82) is 0 Å². The molecule has 6 nitrogen and oxygen atoms in total. The highest BCUT2D eigenvalue weighted by Gasteiger charge is 2.19. The van der Waals surface area contributed by atoms with Crippen LogP contribution in [0.4, 0.5) is 0 Å². The molecule has 0 atom stereocenters. The number of benzene rings is 2. The molecule has 2 aromatic carbocycles. The van der Waals surface area contributed by atoms with E-state index >= 15 is 0 Å². The second-order valence-corrected chi connectivity index (χ2v) is 6.62. The van der Waals surface area contributed by atoms with Crippen molar-refractivity contribution in [3.05, 3.63) is 35.4 Å². The largest absolute Gasteiger partial charge is 0.504 e. The normalized spacial score (nSPS) is 10.9. The van der Waals surface area contributed by atoms with Gasteiger partial charge in [0.25, 0.3) is 0 Å². The van der Waals surface area contributed by atoms with Crippen LogP contribution in [0.15, 0.2) is 24.3 Å². The number of aliphatic hydroxyl groups is 2. The van der Waals surface area contributed by atoms with Crippen molar-refractivity contribution in [3.63, 3.8) is 0 Å². The number of hydrogen-bond donors (Lipinski definition) is 4. The van der Waals surface area contributed by atoms with E-state index in [4.69, 9.17) is 19.7 Å². The molecule has 154 valence electrons. The first-order valence-electron chi connectivity index (χ1n) is 9.75. The van der Waals surface area contributed by atoms with Gasteiger partial charge in [0.15, 0.2) is 23.0 Å². The molecule has 0 saturated carbocycles. The van der Waals surface area contributed by atoms with Crippen LogP contribution < -0.4 is 9.47 Å². The van der Waals surface area contributed by atoms with Crippen molar-refractivity contribution >= 4 is 0 Å². The molecule has 6 heteroatoms. The Morgan fingerprint density at radius 1 is 0.679 bits per heavy atom. The van der Waals surface area contributed by atoms with Crippen LogP contribution in [0.3, 0.4) is 0 Å². The Kier molecular flexibility index (Phi) is 8.42. The molecule has 0 saturated heterocycles. The molecule has 0 bridgehead atoms. The molecule has 0 spiro atoms. The van der Waals surface area contributed by atoms with Gasteiger partial charge in [0.1, 0.15) is 13.2 Å². The van der Waals surface area contributed by atoms with E-state index in [-0.39, 0.29) is 49.4 Å². The molecule has 0 amide bonds. The van der Waals surface area contributed by atoms with Crippen LogP contribution in [-0.4, -0.2) is 46.9 Å². The molecule has 0 radical (unpaired) electrons. The van der Waals surface area contributed by atoms with E-state index in [1.54, 1.807) is 12.1 Å². The van der Waals surface area contributed by atoms with Gasteiger partial charge in [-0.3, -0.25) is 0 Å². The van der Waals surface area contributed by atoms with E-state index in [2.05, 4.69) is 13.8 Å². The summed E-state index contributed by atoms with van der Waals surface area (Å²) in [6.45, 7) is 3.92. The number of aromatic hydroxyl groups is 2. The van der Waals surface area contributed by atoms with Crippen molar-refractivity contribution in [2.45, 2.75) is 39.5 Å². The Bertz CT molecular complexity index is 707. The van der Waals surface area contributed by atoms with E-state index in [1.807, 2.05) is 12.1 Å². The maximum absolute atomic E-state index is 10.8. The van der Waals surface area contributed by atoms with Crippen molar-refractivity contribution < 1.29 is 29.9 Å². The van der Waals surface area contributed by atoms with Crippen molar-refractivity contribution in [2.75, 3.05) is 26.4 Å². The van der Waals surface area contributed by atoms with Crippen LogP contribution in [0.2, 0.25) is 0 Å². The Morgan fingerprint density at radius 3 is 1.39 bits per heavy atom. The fourth-order valence-electron chi connectivity index (χ4n) is 3.14. The van der Waals surface area contributed by atoms with Gasteiger partial charge in [-0.05, 0) is 48.2 Å². The third-order valence-electron chi connectivity index (χ3n) is 4.33. The van der Waals surface area contributed by atoms with Crippen molar-refractivity contribution in [3.8, 4) is 34.1 Å². The molecule has 4 N–H and O–H groups in total. The summed E-state index contributed by atoms with van der Waals surface area (Å²) in [5.41, 5.74) is 2.81. The van der Waals surface area contributed by atoms with Crippen LogP contribution in [0.25, 0.3) is 11.1 Å². The maximum Gasteiger partial charge on any atom is 0.165 e. The Hall–Kier alpha value is -2.44. The van der Waals surface area contributed by atoms with E-state index in [0.717, 1.165) is 36.8 Å². The molecule has 28 heavy (non-hydrogen) atoms. The number of aliphatic hydroxyl groups excluding tert-OH is 2. The minimum Gasteiger partial charge on any atom is -0.504 e. The van der Waals surface area contributed by atoms with E-state index < -0.39 is 0 Å². The van der Waals surface area contributed by atoms with Gasteiger partial charge < -0.3 is 29.9 Å². The maximum atomic E-state index is 10.8. The van der Waals surface area contributed by atoms with Gasteiger partial charge in [0.05, 0.1) is 13.2 Å². The first kappa shape index (κ1) is 21.9. The van der Waals surface area contributed by atoms with Gasteiger partial charge >= 0.3 is 0 Å². The molecule has 0 aliphatic carbocycles. The van der Waals surface area contributed by atoms with Gasteiger partial charge in [0.2, 0.25) is 0 Å². The number of ether oxygens (including phenoxy) is 2. The Balaban J connectivity index is 2.63. The van der Waals surface area contributed by atoms with Crippen LogP contribution in [0, 0.1) is 0 Å². The monoisotopic (exact) mass is 390 g/mol. The molecular formula is C22H30O6. The zero-order chi connectivity index (χ0) is 20.5. The van der Waals surface area contributed by atoms with Gasteiger partial charge in [-0.2, -0.15) is 0 Å². The molecule has 0 aliphatic heterocycles. The van der Waals surface area contributed by atoms with Gasteiger partial charge in [0, 0.05) is 11.1 Å². The van der Waals surface area contributed by atoms with E-state index in [0.29, 0.717) is 11.1 Å². The molecule has 0 aliphatic rings. The second-order valence-electron chi connectivity index (χ2n) is 6.62. The van der Waals surface area contributed by atoms with Gasteiger partial charge in [-0.1, -0.05) is 26.7 Å². The lowest BCUT2D eigenvalue weighted by molar-refractivity contribution is 0.196. The minimum absolute atomic E-state index is 0.0648. The summed E-state index contributed by atoms with van der Waals surface area (Å²) in [5.74, 6) is 0.358. The van der Waals surface area contributed by atoms with E-state index in [9.17, 15) is 10.2 Å². The summed E-state index contributed by atoms with van der Waals surface area (Å²) < 4.78 is 11.0. The van der Waals surface area contributed by atoms with Crippen LogP contribution >= 0.6 is 0 Å². The molecule has 0 heterocycles. The SMILES string of the molecule is CCCc1cc(OCCO)c(O)c(-c2cc(CCC)cc(OCCO)c2O)c1. The topological polar surface area (TPSA) is 99.4 Å². The quantitative estimate of drug-likeness (QED) is 0.469. The average Bonchev–Trinajstić information content (AvgIpc) is 2.68. The zero-order valence-electron chi connectivity index (χ0n) is 16.6. The first-order chi connectivity index (χ1) is 13.5. The van der Waals surface area contributed by atoms with Crippen LogP contribution in [0.5, 0.6) is 23.0 Å². The Labute approximate surface area is 166 Å². The van der Waals surface area contributed by atoms with Crippen molar-refractivity contribution in [1.82, 2.24) is 0 Å². The smallest absolute Gasteiger partial charge is 0.165 e. The number of phenols is 2. The van der Waals surface area contributed by atoms with Gasteiger partial charge in [-0.15, -0.1) is 0 Å². The fourth-order valence-corrected chi connectivity index (χ4v) is 3.14. The summed E-state index contributed by atoms with van der Waals surface area (Å²) in [4.78, 5) is 0. The predicted octanol–water partition coefficient (Wildman–Crippen LogP) is 3.41. The summed E-state index contributed by atoms with van der Waals surface area (Å²) in [7, 11) is 0. The summed E-state index contributed by atoms with van der Waals surface area (Å²) >= 11 is 0. The fraction of sp³-hybridized carbons (Fsp3) is 0.455. The third-order valence-corrected chi connectivity index (χ3v) is 4.33. The van der Waals surface area contributed by atoms with Crippen molar-refractivity contribution in [2.24, 2.45) is 0 Å². The number of rotatable bonds is 11. The highest BCUT2D eigenvalue weighted by atomic mass is 16.5. The highest BCUT2D eigenvalue weighted by Crippen LogP contribution is 2.46. The highest BCUT2D eigenvalue weighted by molar-refractivity contribution is 5.81. The van der Waals surface area contributed by atoms with Crippen LogP contribution in [0.1, 0.15) is 37.8 Å². The standard InChI is InChI=1S/C22H30O6/c1-3-5-15-11-17(21(25)19(13-15)27-9-7-23)18-12-16(6-4-2)14-20(22(18)26)28-10-8-24/h11-14,23-26H,3-10H2,1-2H3. The van der Waals surface area contributed by atoms with Crippen LogP contribution in [-0.2, 0) is 12.8 Å².